The van der Waals surface area contributed by atoms with E-state index in [0.717, 1.165) is 0 Å². The number of esters is 1. The molecule has 0 aromatic heterocycles. The van der Waals surface area contributed by atoms with Gasteiger partial charge in [-0.3, -0.25) is 14.9 Å². The third-order valence-electron chi connectivity index (χ3n) is 3.19. The van der Waals surface area contributed by atoms with Crippen LogP contribution in [0.5, 0.6) is 0 Å². The summed E-state index contributed by atoms with van der Waals surface area (Å²) in [5.74, 6) is -1.52. The number of nitro groups is 1. The van der Waals surface area contributed by atoms with E-state index in [4.69, 9.17) is 22.1 Å². The summed E-state index contributed by atoms with van der Waals surface area (Å²) in [4.78, 5) is 34.2. The molecule has 0 atom stereocenters. The highest BCUT2D eigenvalue weighted by molar-refractivity contribution is 6.31. The Balaban J connectivity index is 2.01. The molecule has 0 bridgehead atoms. The van der Waals surface area contributed by atoms with E-state index in [2.05, 4.69) is 5.32 Å². The molecule has 130 valence electrons. The van der Waals surface area contributed by atoms with E-state index in [0.29, 0.717) is 10.6 Å². The van der Waals surface area contributed by atoms with Crippen LogP contribution in [0.1, 0.15) is 15.9 Å². The fourth-order valence-electron chi connectivity index (χ4n) is 2.01. The second-order valence-electron chi connectivity index (χ2n) is 5.13. The van der Waals surface area contributed by atoms with Gasteiger partial charge in [-0.05, 0) is 36.8 Å². The number of nitrogens with zero attached hydrogens (tertiary/aromatic N) is 1. The molecule has 0 unspecified atom stereocenters. The third kappa shape index (κ3) is 4.67. The lowest BCUT2D eigenvalue weighted by Gasteiger charge is -2.09. The minimum atomic E-state index is -0.803. The number of carbonyl (C=O) groups is 2. The Kier molecular flexibility index (Phi) is 5.56. The van der Waals surface area contributed by atoms with Gasteiger partial charge in [-0.15, -0.1) is 0 Å². The molecule has 1 amide bonds. The van der Waals surface area contributed by atoms with Crippen LogP contribution in [0.2, 0.25) is 5.02 Å². The highest BCUT2D eigenvalue weighted by Gasteiger charge is 2.18. The zero-order chi connectivity index (χ0) is 18.6. The summed E-state index contributed by atoms with van der Waals surface area (Å²) < 4.78 is 4.86. The van der Waals surface area contributed by atoms with Crippen LogP contribution < -0.4 is 11.1 Å². The first kappa shape index (κ1) is 18.2. The zero-order valence-electron chi connectivity index (χ0n) is 13.1. The first-order valence-electron chi connectivity index (χ1n) is 7.05. The number of nitro benzene ring substituents is 1. The molecule has 2 aromatic rings. The molecule has 9 heteroatoms. The van der Waals surface area contributed by atoms with Crippen molar-refractivity contribution in [1.29, 1.82) is 0 Å². The lowest BCUT2D eigenvalue weighted by atomic mass is 10.2. The number of nitrogens with one attached hydrogen (secondary N) is 1. The predicted molar refractivity (Wildman–Crippen MR) is 92.6 cm³/mol. The van der Waals surface area contributed by atoms with Crippen molar-refractivity contribution in [2.24, 2.45) is 0 Å². The molecule has 0 fully saturated rings. The maximum absolute atomic E-state index is 11.9. The summed E-state index contributed by atoms with van der Waals surface area (Å²) in [7, 11) is 0. The van der Waals surface area contributed by atoms with E-state index in [-0.39, 0.29) is 22.6 Å². The van der Waals surface area contributed by atoms with E-state index < -0.39 is 23.4 Å². The van der Waals surface area contributed by atoms with Gasteiger partial charge in [0.15, 0.2) is 6.61 Å². The fourth-order valence-corrected chi connectivity index (χ4v) is 2.19. The van der Waals surface area contributed by atoms with Crippen molar-refractivity contribution in [3.05, 3.63) is 62.7 Å². The standard InChI is InChI=1S/C16H14ClN3O5/c1-9-2-5-13(14(6-9)20(23)24)19-15(21)8-25-16(22)11-4-3-10(17)7-12(11)18/h2-7H,8,18H2,1H3,(H,19,21). The summed E-state index contributed by atoms with van der Waals surface area (Å²) in [5.41, 5.74) is 6.29. The molecule has 0 saturated carbocycles. The molecule has 0 radical (unpaired) electrons. The molecule has 0 aliphatic rings. The molecule has 0 heterocycles. The minimum Gasteiger partial charge on any atom is -0.452 e. The molecule has 0 aliphatic heterocycles. The van der Waals surface area contributed by atoms with Gasteiger partial charge in [0.05, 0.1) is 10.5 Å². The van der Waals surface area contributed by atoms with Crippen molar-refractivity contribution in [2.45, 2.75) is 6.92 Å². The number of hydrogen-bond acceptors (Lipinski definition) is 6. The zero-order valence-corrected chi connectivity index (χ0v) is 13.9. The van der Waals surface area contributed by atoms with Gasteiger partial charge in [0.1, 0.15) is 5.69 Å². The summed E-state index contributed by atoms with van der Waals surface area (Å²) in [5, 5.41) is 13.7. The Morgan fingerprint density at radius 2 is 2.00 bits per heavy atom. The Morgan fingerprint density at radius 3 is 2.64 bits per heavy atom. The lowest BCUT2D eigenvalue weighted by Crippen LogP contribution is -2.21. The number of benzene rings is 2. The molecule has 3 N–H and O–H groups in total. The van der Waals surface area contributed by atoms with Gasteiger partial charge in [-0.2, -0.15) is 0 Å². The van der Waals surface area contributed by atoms with Crippen molar-refractivity contribution in [3.8, 4) is 0 Å². The van der Waals surface area contributed by atoms with Crippen LogP contribution >= 0.6 is 11.6 Å². The number of halogens is 1. The van der Waals surface area contributed by atoms with Gasteiger partial charge >= 0.3 is 5.97 Å². The SMILES string of the molecule is Cc1ccc(NC(=O)COC(=O)c2ccc(Cl)cc2N)c([N+](=O)[O-])c1. The van der Waals surface area contributed by atoms with Gasteiger partial charge in [0.25, 0.3) is 11.6 Å². The van der Waals surface area contributed by atoms with E-state index in [1.807, 2.05) is 0 Å². The van der Waals surface area contributed by atoms with Crippen molar-refractivity contribution < 1.29 is 19.2 Å². The number of nitrogen functional groups attached to an aromatic ring is 1. The van der Waals surface area contributed by atoms with E-state index >= 15 is 0 Å². The van der Waals surface area contributed by atoms with Crippen LogP contribution in [0.15, 0.2) is 36.4 Å². The molecule has 0 saturated heterocycles. The largest absolute Gasteiger partial charge is 0.452 e. The topological polar surface area (TPSA) is 125 Å². The maximum Gasteiger partial charge on any atom is 0.340 e. The molecule has 0 spiro atoms. The summed E-state index contributed by atoms with van der Waals surface area (Å²) in [6.07, 6.45) is 0. The second kappa shape index (κ2) is 7.63. The first-order valence-corrected chi connectivity index (χ1v) is 7.43. The number of rotatable bonds is 5. The van der Waals surface area contributed by atoms with Crippen molar-refractivity contribution in [1.82, 2.24) is 0 Å². The molecule has 0 aliphatic carbocycles. The Morgan fingerprint density at radius 1 is 1.28 bits per heavy atom. The van der Waals surface area contributed by atoms with E-state index in [1.54, 1.807) is 13.0 Å². The highest BCUT2D eigenvalue weighted by Crippen LogP contribution is 2.25. The van der Waals surface area contributed by atoms with Gasteiger partial charge in [-0.25, -0.2) is 4.79 Å². The van der Waals surface area contributed by atoms with Gasteiger partial charge in [0, 0.05) is 16.8 Å². The van der Waals surface area contributed by atoms with Crippen LogP contribution in [0.4, 0.5) is 17.1 Å². The Hall–Kier alpha value is -3.13. The van der Waals surface area contributed by atoms with E-state index in [1.165, 1.54) is 30.3 Å². The van der Waals surface area contributed by atoms with Gasteiger partial charge in [0.2, 0.25) is 0 Å². The van der Waals surface area contributed by atoms with Crippen LogP contribution in [-0.2, 0) is 9.53 Å². The fraction of sp³-hybridized carbons (Fsp3) is 0.125. The van der Waals surface area contributed by atoms with Crippen LogP contribution in [-0.4, -0.2) is 23.4 Å². The predicted octanol–water partition coefficient (Wildman–Crippen LogP) is 2.93. The highest BCUT2D eigenvalue weighted by atomic mass is 35.5. The molecule has 2 rings (SSSR count). The molecule has 25 heavy (non-hydrogen) atoms. The van der Waals surface area contributed by atoms with Gasteiger partial charge < -0.3 is 15.8 Å². The number of amides is 1. The lowest BCUT2D eigenvalue weighted by molar-refractivity contribution is -0.384. The number of carbonyl (C=O) groups excluding carboxylic acids is 2. The smallest absolute Gasteiger partial charge is 0.340 e. The third-order valence-corrected chi connectivity index (χ3v) is 3.43. The number of hydrogen-bond donors (Lipinski definition) is 2. The average molecular weight is 364 g/mol. The van der Waals surface area contributed by atoms with Crippen LogP contribution in [0.3, 0.4) is 0 Å². The Bertz CT molecular complexity index is 854. The van der Waals surface area contributed by atoms with Crippen molar-refractivity contribution in [2.75, 3.05) is 17.7 Å². The molecular weight excluding hydrogens is 350 g/mol. The Labute approximate surface area is 147 Å². The number of ether oxygens (including phenoxy) is 1. The van der Waals surface area contributed by atoms with Crippen molar-refractivity contribution in [3.63, 3.8) is 0 Å². The van der Waals surface area contributed by atoms with E-state index in [9.17, 15) is 19.7 Å². The minimum absolute atomic E-state index is 0.0163. The first-order chi connectivity index (χ1) is 11.8. The molecule has 2 aromatic carbocycles. The molecular formula is C16H14ClN3O5. The number of nitrogens with two attached hydrogens (primary N) is 1. The van der Waals surface area contributed by atoms with Crippen LogP contribution in [0, 0.1) is 17.0 Å². The number of aryl methyl sites for hydroxylation is 1. The number of anilines is 2. The van der Waals surface area contributed by atoms with Gasteiger partial charge in [-0.1, -0.05) is 17.7 Å². The second-order valence-corrected chi connectivity index (χ2v) is 5.57. The average Bonchev–Trinajstić information content (AvgIpc) is 2.54. The summed E-state index contributed by atoms with van der Waals surface area (Å²) in [6.45, 7) is 1.07. The van der Waals surface area contributed by atoms with Crippen LogP contribution in [0.25, 0.3) is 0 Å². The summed E-state index contributed by atoms with van der Waals surface area (Å²) >= 11 is 5.74. The van der Waals surface area contributed by atoms with Crippen molar-refractivity contribution >= 4 is 40.5 Å². The maximum atomic E-state index is 11.9. The molecule has 8 nitrogen and oxygen atoms in total. The normalized spacial score (nSPS) is 10.2. The summed E-state index contributed by atoms with van der Waals surface area (Å²) in [6, 6.07) is 8.57. The quantitative estimate of drug-likeness (QED) is 0.364. The monoisotopic (exact) mass is 363 g/mol.